The molecule has 18 aromatic rings. The van der Waals surface area contributed by atoms with Crippen LogP contribution in [0.3, 0.4) is 0 Å². The van der Waals surface area contributed by atoms with Gasteiger partial charge >= 0.3 is 0 Å². The molecule has 0 aliphatic rings. The van der Waals surface area contributed by atoms with Crippen LogP contribution < -0.4 is 0 Å². The molecule has 11 aromatic carbocycles. The number of hydrogen-bond acceptors (Lipinski definition) is 7. The van der Waals surface area contributed by atoms with Gasteiger partial charge in [-0.05, 0) is 151 Å². The van der Waals surface area contributed by atoms with Crippen LogP contribution >= 0.6 is 0 Å². The van der Waals surface area contributed by atoms with E-state index in [9.17, 15) is 0 Å². The topological polar surface area (TPSA) is 90.2 Å². The molecule has 608 valence electrons. The Bertz CT molecular complexity index is 5820. The van der Waals surface area contributed by atoms with Gasteiger partial charge in [-0.15, -0.1) is 251 Å². The molecule has 4 radical (unpaired) electrons. The van der Waals surface area contributed by atoms with E-state index < -0.39 is 0 Å². The fourth-order valence-electron chi connectivity index (χ4n) is 12.8. The summed E-state index contributed by atoms with van der Waals surface area (Å²) in [5.41, 5.74) is 34.4. The normalized spacial score (nSPS) is 9.93. The molecule has 0 amide bonds. The van der Waals surface area contributed by atoms with Crippen LogP contribution in [0.2, 0.25) is 0 Å². The molecule has 0 spiro atoms. The van der Waals surface area contributed by atoms with Crippen LogP contribution in [-0.4, -0.2) is 34.9 Å². The van der Waals surface area contributed by atoms with Crippen molar-refractivity contribution in [2.75, 3.05) is 0 Å². The standard InChI is InChI=1S/C20H18N.C19H16N.2C18H14N.2C12H10N.C11H8N.4Ir/c1-14-6-4-8-17(10-14)19-13-21-20(12-16(19)3)18-9-5-7-15(2)11-18;1-14-8-6-7-11-17(14)18-12-13-19(20-15(18)2)16-9-4-3-5-10-16;1-14-12-18(16-10-6-3-7-11-16)19-13-17(14)15-8-4-2-5-9-15;1-14-17(15-8-4-2-5-9-15)12-13-18(19-14)16-10-6-3-7-11-16;2*1-10-7-8-12(13-9-10)11-5-3-2-4-6-11;1-2-6-10(7-3-1)11-8-4-5-9-12-11;;;;/h4-8,10-13H,1-3H3;3-9,11-13H,1-2H3;2*2-10,12-13H,1H3;2*2-5,7-9H,1H3;1-6,8-9H;;;;/q7*-1;;;;. The smallest absolute Gasteiger partial charge is 0.0344 e. The third-order valence-corrected chi connectivity index (χ3v) is 19.0. The Hall–Kier alpha value is -11.9. The van der Waals surface area contributed by atoms with Crippen molar-refractivity contribution in [3.05, 3.63) is 476 Å². The SMILES string of the molecule is Cc1cc(-c2[c-]cccc2)ncc1-c1ccccc1.Cc1cc[c-]c(-c2cc(C)c(-c3cccc(C)c3)cn2)c1.Cc1ccc(-c2[c-]cccc2)nc1.Cc1ccc(-c2[c-]cccc2)nc1.Cc1ccccc1-c1ccc(-c2[c-]cccc2)nc1C.Cc1nc(-c2[c-]cccc2)ccc1-c1ccccc1.[Ir].[Ir].[Ir].[Ir].[c-]1ccccc1-c1ccccn1. The van der Waals surface area contributed by atoms with E-state index in [1.807, 2.05) is 257 Å². The number of pyridine rings is 7. The van der Waals surface area contributed by atoms with Crippen LogP contribution in [0, 0.1) is 105 Å². The summed E-state index contributed by atoms with van der Waals surface area (Å²) < 4.78 is 0. The van der Waals surface area contributed by atoms with Crippen molar-refractivity contribution in [3.63, 3.8) is 0 Å². The summed E-state index contributed by atoms with van der Waals surface area (Å²) in [5, 5.41) is 0. The zero-order valence-corrected chi connectivity index (χ0v) is 78.4. The van der Waals surface area contributed by atoms with Gasteiger partial charge in [0.05, 0.1) is 0 Å². The van der Waals surface area contributed by atoms with Crippen molar-refractivity contribution in [2.24, 2.45) is 0 Å². The predicted octanol–water partition coefficient (Wildman–Crippen LogP) is 27.3. The molecular weight excluding hydrogens is 2190 g/mol. The van der Waals surface area contributed by atoms with E-state index in [1.54, 1.807) is 6.20 Å². The average Bonchev–Trinajstić information content (AvgIpc) is 0.817. The largest absolute Gasteiger partial charge is 0.305 e. The van der Waals surface area contributed by atoms with Crippen LogP contribution in [-0.2, 0) is 80.4 Å². The molecule has 0 bridgehead atoms. The second-order valence-electron chi connectivity index (χ2n) is 27.9. The summed E-state index contributed by atoms with van der Waals surface area (Å²) in [7, 11) is 0. The van der Waals surface area contributed by atoms with Gasteiger partial charge in [-0.2, -0.15) is 0 Å². The van der Waals surface area contributed by atoms with Gasteiger partial charge in [-0.1, -0.05) is 194 Å². The van der Waals surface area contributed by atoms with Crippen LogP contribution in [0.4, 0.5) is 0 Å². The van der Waals surface area contributed by atoms with Gasteiger partial charge < -0.3 is 34.9 Å². The number of aryl methyl sites for hydroxylation is 9. The van der Waals surface area contributed by atoms with E-state index in [-0.39, 0.29) is 80.4 Å². The van der Waals surface area contributed by atoms with Crippen molar-refractivity contribution in [1.29, 1.82) is 0 Å². The maximum Gasteiger partial charge on any atom is 0.0344 e. The minimum atomic E-state index is 0. The number of nitrogens with zero attached hydrogens (tertiary/aromatic N) is 7. The summed E-state index contributed by atoms with van der Waals surface area (Å²) in [4.78, 5) is 31.5. The molecule has 0 saturated carbocycles. The fraction of sp³-hybridized carbons (Fsp3) is 0.0818. The van der Waals surface area contributed by atoms with Crippen molar-refractivity contribution < 1.29 is 80.4 Å². The molecule has 7 heterocycles. The number of aromatic nitrogens is 7. The van der Waals surface area contributed by atoms with Crippen molar-refractivity contribution in [1.82, 2.24) is 34.9 Å². The third-order valence-electron chi connectivity index (χ3n) is 19.0. The predicted molar refractivity (Wildman–Crippen MR) is 484 cm³/mol. The molecule has 0 N–H and O–H groups in total. The molecule has 0 unspecified atom stereocenters. The van der Waals surface area contributed by atoms with Crippen molar-refractivity contribution in [2.45, 2.75) is 62.3 Å². The van der Waals surface area contributed by atoms with Gasteiger partial charge in [-0.3, -0.25) is 0 Å². The Morgan fingerprint density at radius 2 is 0.545 bits per heavy atom. The third kappa shape index (κ3) is 28.4. The summed E-state index contributed by atoms with van der Waals surface area (Å²) in [5.74, 6) is 0. The average molecular weight is 2280 g/mol. The Balaban J connectivity index is 0.000000176. The molecule has 11 heteroatoms. The van der Waals surface area contributed by atoms with E-state index in [2.05, 4.69) is 254 Å². The van der Waals surface area contributed by atoms with E-state index in [1.165, 1.54) is 83.5 Å². The molecule has 7 aromatic heterocycles. The molecular formula is C110H90Ir4N7-7. The first kappa shape index (κ1) is 94.6. The molecule has 7 nitrogen and oxygen atoms in total. The Kier molecular flexibility index (Phi) is 38.7. The first-order chi connectivity index (χ1) is 57.3. The van der Waals surface area contributed by atoms with Crippen molar-refractivity contribution >= 4 is 0 Å². The maximum atomic E-state index is 4.73. The van der Waals surface area contributed by atoms with Gasteiger partial charge in [0, 0.05) is 145 Å². The van der Waals surface area contributed by atoms with E-state index >= 15 is 0 Å². The molecule has 0 fully saturated rings. The minimum absolute atomic E-state index is 0. The maximum absolute atomic E-state index is 4.73. The van der Waals surface area contributed by atoms with Gasteiger partial charge in [0.15, 0.2) is 0 Å². The molecule has 0 aliphatic heterocycles. The summed E-state index contributed by atoms with van der Waals surface area (Å²) >= 11 is 0. The summed E-state index contributed by atoms with van der Waals surface area (Å²) in [6.07, 6.45) is 9.44. The second-order valence-corrected chi connectivity index (χ2v) is 27.9. The van der Waals surface area contributed by atoms with Gasteiger partial charge in [0.25, 0.3) is 0 Å². The zero-order chi connectivity index (χ0) is 81.3. The second kappa shape index (κ2) is 49.6. The van der Waals surface area contributed by atoms with Crippen LogP contribution in [0.25, 0.3) is 123 Å². The van der Waals surface area contributed by atoms with Gasteiger partial charge in [0.1, 0.15) is 0 Å². The molecule has 121 heavy (non-hydrogen) atoms. The Morgan fingerprint density at radius 3 is 0.942 bits per heavy atom. The molecule has 0 aliphatic carbocycles. The Labute approximate surface area is 769 Å². The Morgan fingerprint density at radius 1 is 0.190 bits per heavy atom. The van der Waals surface area contributed by atoms with Crippen LogP contribution in [0.15, 0.2) is 383 Å². The fourth-order valence-corrected chi connectivity index (χ4v) is 12.8. The number of benzene rings is 11. The van der Waals surface area contributed by atoms with Gasteiger partial charge in [0.2, 0.25) is 0 Å². The number of rotatable bonds is 11. The summed E-state index contributed by atoms with van der Waals surface area (Å²) in [6.45, 7) is 18.8. The zero-order valence-electron chi connectivity index (χ0n) is 68.8. The monoisotopic (exact) mass is 2280 g/mol. The molecule has 0 saturated heterocycles. The quantitative estimate of drug-likeness (QED) is 0.119. The minimum Gasteiger partial charge on any atom is -0.305 e. The van der Waals surface area contributed by atoms with Crippen molar-refractivity contribution in [3.8, 4) is 123 Å². The van der Waals surface area contributed by atoms with E-state index in [0.717, 1.165) is 90.2 Å². The van der Waals surface area contributed by atoms with E-state index in [4.69, 9.17) is 4.98 Å². The van der Waals surface area contributed by atoms with Crippen LogP contribution in [0.1, 0.15) is 50.3 Å². The molecule has 0 atom stereocenters. The van der Waals surface area contributed by atoms with Crippen LogP contribution in [0.5, 0.6) is 0 Å². The number of hydrogen-bond donors (Lipinski definition) is 0. The summed E-state index contributed by atoms with van der Waals surface area (Å²) in [6, 6.07) is 140. The molecule has 18 rings (SSSR count). The van der Waals surface area contributed by atoms with E-state index in [0.29, 0.717) is 0 Å². The van der Waals surface area contributed by atoms with Gasteiger partial charge in [-0.25, -0.2) is 0 Å². The first-order valence-electron chi connectivity index (χ1n) is 39.0. The first-order valence-corrected chi connectivity index (χ1v) is 39.0.